The predicted octanol–water partition coefficient (Wildman–Crippen LogP) is 1.30. The van der Waals surface area contributed by atoms with Crippen LogP contribution in [0, 0.1) is 11.6 Å². The van der Waals surface area contributed by atoms with Gasteiger partial charge in [-0.2, -0.15) is 4.39 Å². The second kappa shape index (κ2) is 4.74. The summed E-state index contributed by atoms with van der Waals surface area (Å²) in [6, 6.07) is 1.87. The van der Waals surface area contributed by atoms with Gasteiger partial charge in [-0.25, -0.2) is 4.39 Å². The number of aromatic hydroxyl groups is 1. The molecule has 0 amide bonds. The van der Waals surface area contributed by atoms with E-state index < -0.39 is 35.2 Å². The van der Waals surface area contributed by atoms with Gasteiger partial charge in [0.15, 0.2) is 11.6 Å². The smallest absolute Gasteiger partial charge is 0.200 e. The maximum atomic E-state index is 13.2. The Morgan fingerprint density at radius 1 is 1.20 bits per heavy atom. The van der Waals surface area contributed by atoms with Crippen LogP contribution in [-0.4, -0.2) is 27.3 Å². The van der Waals surface area contributed by atoms with E-state index in [2.05, 4.69) is 0 Å². The first-order valence-corrected chi connectivity index (χ1v) is 4.61. The zero-order valence-corrected chi connectivity index (χ0v) is 8.25. The van der Waals surface area contributed by atoms with E-state index in [0.29, 0.717) is 0 Å². The topological polar surface area (TPSA) is 60.7 Å². The summed E-state index contributed by atoms with van der Waals surface area (Å²) in [5, 5.41) is 27.3. The molecule has 0 bridgehead atoms. The van der Waals surface area contributed by atoms with Crippen molar-refractivity contribution in [1.29, 1.82) is 0 Å². The molecule has 0 fully saturated rings. The molecule has 0 aromatic heterocycles. The average Bonchev–Trinajstić information content (AvgIpc) is 2.24. The van der Waals surface area contributed by atoms with Crippen molar-refractivity contribution in [3.8, 4) is 5.75 Å². The second-order valence-corrected chi connectivity index (χ2v) is 3.28. The number of phenolic OH excluding ortho intramolecular Hbond substituents is 1. The Labute approximate surface area is 89.5 Å². The largest absolute Gasteiger partial charge is 0.505 e. The Balaban J connectivity index is 3.10. The van der Waals surface area contributed by atoms with Crippen LogP contribution in [0.25, 0.3) is 0 Å². The Kier molecular flexibility index (Phi) is 3.84. The van der Waals surface area contributed by atoms with Crippen molar-refractivity contribution in [2.45, 2.75) is 12.2 Å². The van der Waals surface area contributed by atoms with Gasteiger partial charge in [0, 0.05) is 5.56 Å². The molecule has 0 aliphatic heterocycles. The lowest BCUT2D eigenvalue weighted by atomic mass is 10.0. The predicted molar refractivity (Wildman–Crippen MR) is 49.7 cm³/mol. The quantitative estimate of drug-likeness (QED) is 0.696. The van der Waals surface area contributed by atoms with Crippen LogP contribution in [0.2, 0.25) is 0 Å². The highest BCUT2D eigenvalue weighted by Gasteiger charge is 2.23. The summed E-state index contributed by atoms with van der Waals surface area (Å²) >= 11 is 5.24. The molecule has 2 unspecified atom stereocenters. The van der Waals surface area contributed by atoms with Crippen LogP contribution in [0.1, 0.15) is 11.7 Å². The number of rotatable bonds is 3. The molecule has 0 spiro atoms. The van der Waals surface area contributed by atoms with Gasteiger partial charge < -0.3 is 15.3 Å². The molecule has 0 saturated carbocycles. The van der Waals surface area contributed by atoms with Crippen LogP contribution >= 0.6 is 11.6 Å². The van der Waals surface area contributed by atoms with Crippen LogP contribution < -0.4 is 0 Å². The molecule has 0 heterocycles. The van der Waals surface area contributed by atoms with E-state index in [1.807, 2.05) is 0 Å². The maximum Gasteiger partial charge on any atom is 0.200 e. The first-order valence-electron chi connectivity index (χ1n) is 4.08. The Morgan fingerprint density at radius 2 is 1.80 bits per heavy atom. The summed E-state index contributed by atoms with van der Waals surface area (Å²) in [5.74, 6) is -4.04. The fourth-order valence-electron chi connectivity index (χ4n) is 1.07. The number of alkyl halides is 1. The molecule has 0 radical (unpaired) electrons. The summed E-state index contributed by atoms with van der Waals surface area (Å²) in [6.07, 6.45) is -3.03. The molecule has 2 atom stereocenters. The second-order valence-electron chi connectivity index (χ2n) is 2.97. The van der Waals surface area contributed by atoms with Crippen LogP contribution in [0.5, 0.6) is 5.75 Å². The lowest BCUT2D eigenvalue weighted by molar-refractivity contribution is 0.0300. The number of phenols is 1. The zero-order chi connectivity index (χ0) is 11.6. The van der Waals surface area contributed by atoms with Gasteiger partial charge in [0.05, 0.1) is 12.0 Å². The standard InChI is InChI=1S/C9H9ClF2O3/c10-3-6(14)9(15)4-1-2-5(13)8(12)7(4)11/h1-2,6,9,13-15H,3H2. The van der Waals surface area contributed by atoms with Gasteiger partial charge in [-0.3, -0.25) is 0 Å². The van der Waals surface area contributed by atoms with E-state index in [-0.39, 0.29) is 5.88 Å². The Morgan fingerprint density at radius 3 is 2.33 bits per heavy atom. The molecule has 3 N–H and O–H groups in total. The Hall–Kier alpha value is -0.910. The van der Waals surface area contributed by atoms with Gasteiger partial charge in [-0.05, 0) is 12.1 Å². The Bertz CT molecular complexity index is 359. The third-order valence-electron chi connectivity index (χ3n) is 1.93. The number of aliphatic hydroxyl groups is 2. The van der Waals surface area contributed by atoms with Crippen molar-refractivity contribution >= 4 is 11.6 Å². The fraction of sp³-hybridized carbons (Fsp3) is 0.333. The van der Waals surface area contributed by atoms with Crippen molar-refractivity contribution in [1.82, 2.24) is 0 Å². The van der Waals surface area contributed by atoms with Crippen molar-refractivity contribution < 1.29 is 24.1 Å². The van der Waals surface area contributed by atoms with E-state index in [9.17, 15) is 13.9 Å². The molecule has 1 aromatic carbocycles. The maximum absolute atomic E-state index is 13.2. The van der Waals surface area contributed by atoms with E-state index in [0.717, 1.165) is 12.1 Å². The first kappa shape index (κ1) is 12.2. The van der Waals surface area contributed by atoms with E-state index >= 15 is 0 Å². The van der Waals surface area contributed by atoms with Gasteiger partial charge in [0.25, 0.3) is 0 Å². The minimum Gasteiger partial charge on any atom is -0.505 e. The number of benzene rings is 1. The average molecular weight is 239 g/mol. The van der Waals surface area contributed by atoms with Crippen molar-refractivity contribution in [2.24, 2.45) is 0 Å². The number of hydrogen-bond donors (Lipinski definition) is 3. The fourth-order valence-corrected chi connectivity index (χ4v) is 1.24. The molecule has 0 aliphatic rings. The SMILES string of the molecule is Oc1ccc(C(O)C(O)CCl)c(F)c1F. The minimum atomic E-state index is -1.63. The van der Waals surface area contributed by atoms with Crippen LogP contribution in [0.15, 0.2) is 12.1 Å². The summed E-state index contributed by atoms with van der Waals surface area (Å²) in [5.41, 5.74) is -0.446. The van der Waals surface area contributed by atoms with Crippen LogP contribution in [-0.2, 0) is 0 Å². The summed E-state index contributed by atoms with van der Waals surface area (Å²) in [6.45, 7) is 0. The highest BCUT2D eigenvalue weighted by molar-refractivity contribution is 6.18. The third-order valence-corrected chi connectivity index (χ3v) is 2.25. The van der Waals surface area contributed by atoms with Crippen LogP contribution in [0.4, 0.5) is 8.78 Å². The summed E-state index contributed by atoms with van der Waals surface area (Å²) in [7, 11) is 0. The zero-order valence-electron chi connectivity index (χ0n) is 7.49. The van der Waals surface area contributed by atoms with Gasteiger partial charge in [-0.15, -0.1) is 11.6 Å². The first-order chi connectivity index (χ1) is 6.99. The van der Waals surface area contributed by atoms with Gasteiger partial charge in [0.2, 0.25) is 5.82 Å². The van der Waals surface area contributed by atoms with E-state index in [1.165, 1.54) is 0 Å². The minimum absolute atomic E-state index is 0.316. The normalized spacial score (nSPS) is 15.0. The monoisotopic (exact) mass is 238 g/mol. The molecule has 0 saturated heterocycles. The summed E-state index contributed by atoms with van der Waals surface area (Å²) in [4.78, 5) is 0. The molecule has 6 heteroatoms. The molecular weight excluding hydrogens is 230 g/mol. The van der Waals surface area contributed by atoms with Gasteiger partial charge >= 0.3 is 0 Å². The number of hydrogen-bond acceptors (Lipinski definition) is 3. The molecule has 3 nitrogen and oxygen atoms in total. The van der Waals surface area contributed by atoms with Crippen LogP contribution in [0.3, 0.4) is 0 Å². The third kappa shape index (κ3) is 2.37. The van der Waals surface area contributed by atoms with Crippen molar-refractivity contribution in [2.75, 3.05) is 5.88 Å². The lowest BCUT2D eigenvalue weighted by Crippen LogP contribution is -2.21. The lowest BCUT2D eigenvalue weighted by Gasteiger charge is -2.16. The molecule has 0 aliphatic carbocycles. The molecule has 15 heavy (non-hydrogen) atoms. The molecule has 1 rings (SSSR count). The van der Waals surface area contributed by atoms with E-state index in [4.69, 9.17) is 21.8 Å². The highest BCUT2D eigenvalue weighted by atomic mass is 35.5. The van der Waals surface area contributed by atoms with Crippen molar-refractivity contribution in [3.63, 3.8) is 0 Å². The van der Waals surface area contributed by atoms with Crippen molar-refractivity contribution in [3.05, 3.63) is 29.3 Å². The molecular formula is C9H9ClF2O3. The van der Waals surface area contributed by atoms with E-state index in [1.54, 1.807) is 0 Å². The summed E-state index contributed by atoms with van der Waals surface area (Å²) < 4.78 is 26.0. The molecule has 84 valence electrons. The number of aliphatic hydroxyl groups excluding tert-OH is 2. The van der Waals surface area contributed by atoms with Gasteiger partial charge in [-0.1, -0.05) is 0 Å². The van der Waals surface area contributed by atoms with Gasteiger partial charge in [0.1, 0.15) is 6.10 Å². The molecule has 1 aromatic rings. The number of halogens is 3. The highest BCUT2D eigenvalue weighted by Crippen LogP contribution is 2.27.